The van der Waals surface area contributed by atoms with Gasteiger partial charge < -0.3 is 14.9 Å². The molecule has 2 N–H and O–H groups in total. The van der Waals surface area contributed by atoms with Crippen LogP contribution in [0.2, 0.25) is 0 Å². The Morgan fingerprint density at radius 2 is 1.86 bits per heavy atom. The van der Waals surface area contributed by atoms with Crippen LogP contribution in [-0.4, -0.2) is 34.5 Å². The summed E-state index contributed by atoms with van der Waals surface area (Å²) in [6.45, 7) is 2.19. The number of carbonyl (C=O) groups is 1. The molecule has 0 radical (unpaired) electrons. The molecule has 0 bridgehead atoms. The average Bonchev–Trinajstić information content (AvgIpc) is 3.25. The fraction of sp³-hybridized carbons (Fsp3) is 0.833. The van der Waals surface area contributed by atoms with E-state index < -0.39 is 12.1 Å². The molecule has 0 unspecified atom stereocenters. The number of allylic oxidation sites excluding steroid dienone is 1. The van der Waals surface area contributed by atoms with Gasteiger partial charge in [-0.05, 0) is 25.7 Å². The largest absolute Gasteiger partial charge is 0.481 e. The SMILES string of the molecule is CCCCC/C=C\[C@@H](O)[C@@H]1O[C@H]1CCCCCCCC(=O)O. The second-order valence-corrected chi connectivity index (χ2v) is 6.25. The van der Waals surface area contributed by atoms with E-state index in [-0.39, 0.29) is 18.6 Å². The summed E-state index contributed by atoms with van der Waals surface area (Å²) in [6.07, 6.45) is 14.8. The van der Waals surface area contributed by atoms with Crippen LogP contribution in [0, 0.1) is 0 Å². The average molecular weight is 312 g/mol. The Morgan fingerprint density at radius 1 is 1.14 bits per heavy atom. The van der Waals surface area contributed by atoms with Crippen LogP contribution < -0.4 is 0 Å². The van der Waals surface area contributed by atoms with E-state index in [9.17, 15) is 9.90 Å². The molecule has 0 amide bonds. The van der Waals surface area contributed by atoms with Crippen molar-refractivity contribution in [1.29, 1.82) is 0 Å². The molecule has 0 aromatic carbocycles. The first-order valence-corrected chi connectivity index (χ1v) is 8.87. The van der Waals surface area contributed by atoms with Gasteiger partial charge in [-0.15, -0.1) is 0 Å². The molecule has 1 saturated heterocycles. The first kappa shape index (κ1) is 19.2. The minimum atomic E-state index is -0.703. The third-order valence-corrected chi connectivity index (χ3v) is 4.15. The zero-order valence-corrected chi connectivity index (χ0v) is 13.9. The van der Waals surface area contributed by atoms with Gasteiger partial charge in [-0.2, -0.15) is 0 Å². The normalized spacial score (nSPS) is 22.1. The van der Waals surface area contributed by atoms with Crippen LogP contribution in [-0.2, 0) is 9.53 Å². The number of carboxylic acid groups (broad SMARTS) is 1. The van der Waals surface area contributed by atoms with Crippen LogP contribution in [0.4, 0.5) is 0 Å². The molecular formula is C18H32O4. The molecule has 1 rings (SSSR count). The lowest BCUT2D eigenvalue weighted by atomic mass is 10.0. The highest BCUT2D eigenvalue weighted by Gasteiger charge is 2.42. The van der Waals surface area contributed by atoms with Crippen LogP contribution >= 0.6 is 0 Å². The maximum absolute atomic E-state index is 10.4. The molecule has 0 saturated carbocycles. The smallest absolute Gasteiger partial charge is 0.303 e. The number of aliphatic carboxylic acids is 1. The van der Waals surface area contributed by atoms with Crippen molar-refractivity contribution < 1.29 is 19.7 Å². The lowest BCUT2D eigenvalue weighted by Crippen LogP contribution is -2.13. The van der Waals surface area contributed by atoms with Crippen LogP contribution in [0.25, 0.3) is 0 Å². The summed E-state index contributed by atoms with van der Waals surface area (Å²) in [6, 6.07) is 0. The maximum Gasteiger partial charge on any atom is 0.303 e. The molecule has 0 spiro atoms. The molecule has 4 heteroatoms. The summed E-state index contributed by atoms with van der Waals surface area (Å²) in [7, 11) is 0. The van der Waals surface area contributed by atoms with Crippen LogP contribution in [0.3, 0.4) is 0 Å². The van der Waals surface area contributed by atoms with Gasteiger partial charge in [-0.1, -0.05) is 57.6 Å². The van der Waals surface area contributed by atoms with E-state index in [4.69, 9.17) is 9.84 Å². The second kappa shape index (κ2) is 11.7. The number of rotatable bonds is 14. The zero-order chi connectivity index (χ0) is 16.2. The number of hydrogen-bond donors (Lipinski definition) is 2. The summed E-state index contributed by atoms with van der Waals surface area (Å²) >= 11 is 0. The van der Waals surface area contributed by atoms with Gasteiger partial charge in [0.2, 0.25) is 0 Å². The number of hydrogen-bond acceptors (Lipinski definition) is 3. The maximum atomic E-state index is 10.4. The highest BCUT2D eigenvalue weighted by molar-refractivity contribution is 5.66. The molecule has 22 heavy (non-hydrogen) atoms. The number of aliphatic hydroxyl groups is 1. The van der Waals surface area contributed by atoms with E-state index in [1.165, 1.54) is 19.3 Å². The Labute approximate surface area is 134 Å². The van der Waals surface area contributed by atoms with Crippen molar-refractivity contribution in [2.45, 2.75) is 95.9 Å². The van der Waals surface area contributed by atoms with Gasteiger partial charge in [-0.25, -0.2) is 0 Å². The van der Waals surface area contributed by atoms with E-state index in [1.54, 1.807) is 0 Å². The van der Waals surface area contributed by atoms with E-state index >= 15 is 0 Å². The van der Waals surface area contributed by atoms with Gasteiger partial charge in [0, 0.05) is 6.42 Å². The third kappa shape index (κ3) is 9.21. The first-order valence-electron chi connectivity index (χ1n) is 8.87. The van der Waals surface area contributed by atoms with Crippen molar-refractivity contribution >= 4 is 5.97 Å². The van der Waals surface area contributed by atoms with E-state index in [0.717, 1.165) is 44.9 Å². The molecule has 0 aliphatic carbocycles. The van der Waals surface area contributed by atoms with Crippen molar-refractivity contribution in [3.05, 3.63) is 12.2 Å². The minimum absolute atomic E-state index is 0.00515. The highest BCUT2D eigenvalue weighted by Crippen LogP contribution is 2.31. The quantitative estimate of drug-likeness (QED) is 0.288. The predicted octanol–water partition coefficient (Wildman–Crippen LogP) is 4.07. The van der Waals surface area contributed by atoms with Crippen LogP contribution in [0.15, 0.2) is 12.2 Å². The highest BCUT2D eigenvalue weighted by atomic mass is 16.6. The minimum Gasteiger partial charge on any atom is -0.481 e. The number of epoxide rings is 1. The van der Waals surface area contributed by atoms with Crippen molar-refractivity contribution in [2.24, 2.45) is 0 Å². The van der Waals surface area contributed by atoms with Gasteiger partial charge in [0.15, 0.2) is 0 Å². The molecule has 3 atom stereocenters. The Hall–Kier alpha value is -0.870. The van der Waals surface area contributed by atoms with Crippen molar-refractivity contribution in [1.82, 2.24) is 0 Å². The summed E-state index contributed by atoms with van der Waals surface area (Å²) in [5.41, 5.74) is 0. The van der Waals surface area contributed by atoms with E-state index in [1.807, 2.05) is 6.08 Å². The van der Waals surface area contributed by atoms with Crippen LogP contribution in [0.5, 0.6) is 0 Å². The zero-order valence-electron chi connectivity index (χ0n) is 13.9. The fourth-order valence-electron chi connectivity index (χ4n) is 2.70. The molecule has 1 fully saturated rings. The van der Waals surface area contributed by atoms with Gasteiger partial charge >= 0.3 is 5.97 Å². The number of ether oxygens (including phenoxy) is 1. The summed E-state index contributed by atoms with van der Waals surface area (Å²) < 4.78 is 5.54. The summed E-state index contributed by atoms with van der Waals surface area (Å²) in [4.78, 5) is 10.4. The summed E-state index contributed by atoms with van der Waals surface area (Å²) in [5, 5.41) is 18.5. The Bertz CT molecular complexity index is 327. The molecule has 1 aliphatic heterocycles. The molecule has 1 heterocycles. The summed E-state index contributed by atoms with van der Waals surface area (Å²) in [5.74, 6) is -0.703. The molecule has 1 aliphatic rings. The molecule has 128 valence electrons. The monoisotopic (exact) mass is 312 g/mol. The first-order chi connectivity index (χ1) is 10.6. The lowest BCUT2D eigenvalue weighted by Gasteiger charge is -2.01. The number of aliphatic hydroxyl groups excluding tert-OH is 1. The fourth-order valence-corrected chi connectivity index (χ4v) is 2.70. The van der Waals surface area contributed by atoms with Crippen molar-refractivity contribution in [3.63, 3.8) is 0 Å². The standard InChI is InChI=1S/C18H32O4/c1-2-3-4-6-9-12-15(19)18-16(22-18)13-10-7-5-8-11-14-17(20)21/h9,12,15-16,18-19H,2-8,10-11,13-14H2,1H3,(H,20,21)/b12-9-/t15-,16+,18+/m1/s1. The molecular weight excluding hydrogens is 280 g/mol. The topological polar surface area (TPSA) is 70.1 Å². The third-order valence-electron chi connectivity index (χ3n) is 4.15. The van der Waals surface area contributed by atoms with Gasteiger partial charge in [-0.3, -0.25) is 4.79 Å². The van der Waals surface area contributed by atoms with Gasteiger partial charge in [0.25, 0.3) is 0 Å². The van der Waals surface area contributed by atoms with Gasteiger partial charge in [0.05, 0.1) is 6.10 Å². The Kier molecular flexibility index (Phi) is 10.2. The van der Waals surface area contributed by atoms with E-state index in [0.29, 0.717) is 0 Å². The number of carboxylic acids is 1. The Morgan fingerprint density at radius 3 is 2.59 bits per heavy atom. The predicted molar refractivity (Wildman–Crippen MR) is 87.9 cm³/mol. The molecule has 0 aromatic rings. The van der Waals surface area contributed by atoms with Crippen molar-refractivity contribution in [2.75, 3.05) is 0 Å². The van der Waals surface area contributed by atoms with Crippen LogP contribution in [0.1, 0.15) is 77.6 Å². The molecule has 4 nitrogen and oxygen atoms in total. The lowest BCUT2D eigenvalue weighted by molar-refractivity contribution is -0.137. The Balaban J connectivity index is 1.93. The number of unbranched alkanes of at least 4 members (excludes halogenated alkanes) is 7. The van der Waals surface area contributed by atoms with Gasteiger partial charge in [0.1, 0.15) is 12.2 Å². The molecule has 0 aromatic heterocycles. The van der Waals surface area contributed by atoms with Crippen molar-refractivity contribution in [3.8, 4) is 0 Å². The second-order valence-electron chi connectivity index (χ2n) is 6.25. The van der Waals surface area contributed by atoms with E-state index in [2.05, 4.69) is 13.0 Å².